The number of nitrogens with one attached hydrogen (secondary N) is 2. The number of benzene rings is 2. The van der Waals surface area contributed by atoms with E-state index in [1.54, 1.807) is 35.2 Å². The van der Waals surface area contributed by atoms with Crippen LogP contribution in [0.5, 0.6) is 11.6 Å². The topological polar surface area (TPSA) is 109 Å². The molecular weight excluding hydrogens is 553 g/mol. The number of nitrogens with zero attached hydrogens (tertiary/aromatic N) is 4. The number of aryl methyl sites for hydroxylation is 1. The van der Waals surface area contributed by atoms with Gasteiger partial charge in [-0.15, -0.1) is 0 Å². The maximum absolute atomic E-state index is 13.2. The maximum atomic E-state index is 13.2. The van der Waals surface area contributed by atoms with E-state index in [-0.39, 0.29) is 23.4 Å². The van der Waals surface area contributed by atoms with Crippen LogP contribution in [-0.4, -0.2) is 58.3 Å². The number of hydrogen-bond acceptors (Lipinski definition) is 7. The molecule has 1 atom stereocenters. The standard InChI is InChI=1S/C29H33F3N6O4/c1-18-6-7-21(14-23(18)29(30,31)32)36-26(39)35-20-8-10-22(11-9-20)41-25-15-24(33-17-34-25)38-13-12-37(16-19(38)2)27(40)42-28(3,4)5/h6-11,14-15,17,19H,12-13,16H2,1-5H3,(H2,35,36,39)/t19-/m0/s1. The highest BCUT2D eigenvalue weighted by Gasteiger charge is 2.33. The number of ether oxygens (including phenoxy) is 2. The Morgan fingerprint density at radius 1 is 0.952 bits per heavy atom. The van der Waals surface area contributed by atoms with E-state index in [2.05, 4.69) is 25.5 Å². The summed E-state index contributed by atoms with van der Waals surface area (Å²) in [6, 6.07) is 11.0. The Bertz CT molecular complexity index is 1430. The lowest BCUT2D eigenvalue weighted by Gasteiger charge is -2.40. The second-order valence-electron chi connectivity index (χ2n) is 10.9. The van der Waals surface area contributed by atoms with E-state index < -0.39 is 23.4 Å². The van der Waals surface area contributed by atoms with Crippen LogP contribution in [0.15, 0.2) is 54.9 Å². The van der Waals surface area contributed by atoms with Crippen LogP contribution in [0, 0.1) is 6.92 Å². The van der Waals surface area contributed by atoms with Gasteiger partial charge in [0.15, 0.2) is 0 Å². The van der Waals surface area contributed by atoms with Gasteiger partial charge in [0.2, 0.25) is 5.88 Å². The summed E-state index contributed by atoms with van der Waals surface area (Å²) in [5.41, 5.74) is -0.890. The lowest BCUT2D eigenvalue weighted by atomic mass is 10.1. The van der Waals surface area contributed by atoms with Crippen molar-refractivity contribution in [2.24, 2.45) is 0 Å². The maximum Gasteiger partial charge on any atom is 0.416 e. The van der Waals surface area contributed by atoms with Gasteiger partial charge in [-0.3, -0.25) is 0 Å². The molecule has 3 aromatic rings. The van der Waals surface area contributed by atoms with Crippen molar-refractivity contribution in [3.8, 4) is 11.6 Å². The molecule has 2 N–H and O–H groups in total. The molecule has 2 heterocycles. The van der Waals surface area contributed by atoms with Gasteiger partial charge in [-0.1, -0.05) is 6.07 Å². The third-order valence-corrected chi connectivity index (χ3v) is 6.34. The molecule has 0 bridgehead atoms. The van der Waals surface area contributed by atoms with Gasteiger partial charge in [0.1, 0.15) is 23.5 Å². The molecule has 4 rings (SSSR count). The predicted molar refractivity (Wildman–Crippen MR) is 152 cm³/mol. The van der Waals surface area contributed by atoms with Crippen molar-refractivity contribution in [3.63, 3.8) is 0 Å². The molecule has 1 saturated heterocycles. The molecule has 1 aromatic heterocycles. The van der Waals surface area contributed by atoms with E-state index in [4.69, 9.17) is 9.47 Å². The first-order valence-electron chi connectivity index (χ1n) is 13.3. The normalized spacial score (nSPS) is 15.7. The van der Waals surface area contributed by atoms with Crippen LogP contribution >= 0.6 is 0 Å². The molecule has 0 saturated carbocycles. The Balaban J connectivity index is 1.33. The van der Waals surface area contributed by atoms with E-state index >= 15 is 0 Å². The van der Waals surface area contributed by atoms with Crippen molar-refractivity contribution in [2.75, 3.05) is 35.2 Å². The molecule has 1 aliphatic heterocycles. The molecule has 0 unspecified atom stereocenters. The molecule has 10 nitrogen and oxygen atoms in total. The Morgan fingerprint density at radius 2 is 1.62 bits per heavy atom. The van der Waals surface area contributed by atoms with Crippen molar-refractivity contribution in [1.82, 2.24) is 14.9 Å². The number of anilines is 3. The summed E-state index contributed by atoms with van der Waals surface area (Å²) in [5, 5.41) is 4.99. The summed E-state index contributed by atoms with van der Waals surface area (Å²) in [6.45, 7) is 10.4. The van der Waals surface area contributed by atoms with Crippen molar-refractivity contribution >= 4 is 29.3 Å². The summed E-state index contributed by atoms with van der Waals surface area (Å²) in [4.78, 5) is 37.1. The minimum atomic E-state index is -4.52. The number of hydrogen-bond donors (Lipinski definition) is 2. The number of alkyl halides is 3. The molecule has 42 heavy (non-hydrogen) atoms. The number of aromatic nitrogens is 2. The molecule has 13 heteroatoms. The van der Waals surface area contributed by atoms with E-state index in [9.17, 15) is 22.8 Å². The molecule has 2 aromatic carbocycles. The highest BCUT2D eigenvalue weighted by atomic mass is 19.4. The van der Waals surface area contributed by atoms with Crippen molar-refractivity contribution in [3.05, 3.63) is 66.0 Å². The molecule has 0 radical (unpaired) electrons. The number of rotatable bonds is 5. The summed E-state index contributed by atoms with van der Waals surface area (Å²) in [7, 11) is 0. The molecule has 3 amide bonds. The van der Waals surface area contributed by atoms with Crippen molar-refractivity contribution < 1.29 is 32.2 Å². The Kier molecular flexibility index (Phi) is 8.78. The van der Waals surface area contributed by atoms with Crippen LogP contribution in [0.3, 0.4) is 0 Å². The first-order chi connectivity index (χ1) is 19.7. The van der Waals surface area contributed by atoms with Crippen LogP contribution in [0.25, 0.3) is 0 Å². The highest BCUT2D eigenvalue weighted by Crippen LogP contribution is 2.33. The van der Waals surface area contributed by atoms with Crippen LogP contribution in [-0.2, 0) is 10.9 Å². The van der Waals surface area contributed by atoms with Gasteiger partial charge in [-0.05, 0) is 76.6 Å². The smallest absolute Gasteiger partial charge is 0.416 e. The monoisotopic (exact) mass is 586 g/mol. The van der Waals surface area contributed by atoms with Gasteiger partial charge in [-0.2, -0.15) is 13.2 Å². The predicted octanol–water partition coefficient (Wildman–Crippen LogP) is 6.69. The number of carbonyl (C=O) groups excluding carboxylic acids is 2. The second kappa shape index (κ2) is 12.1. The minimum absolute atomic E-state index is 0.0190. The third-order valence-electron chi connectivity index (χ3n) is 6.34. The zero-order valence-corrected chi connectivity index (χ0v) is 24.0. The van der Waals surface area contributed by atoms with Crippen molar-refractivity contribution in [2.45, 2.75) is 52.4 Å². The van der Waals surface area contributed by atoms with Gasteiger partial charge in [0, 0.05) is 43.1 Å². The molecule has 0 spiro atoms. The van der Waals surface area contributed by atoms with Gasteiger partial charge in [-0.25, -0.2) is 19.6 Å². The van der Waals surface area contributed by atoms with Crippen LogP contribution < -0.4 is 20.3 Å². The van der Waals surface area contributed by atoms with E-state index in [0.717, 1.165) is 6.07 Å². The average molecular weight is 587 g/mol. The molecule has 1 aliphatic rings. The number of halogens is 3. The first-order valence-corrected chi connectivity index (χ1v) is 13.3. The Hall–Kier alpha value is -4.55. The first kappa shape index (κ1) is 30.4. The number of urea groups is 1. The quantitative estimate of drug-likeness (QED) is 0.343. The zero-order valence-electron chi connectivity index (χ0n) is 24.0. The molecule has 224 valence electrons. The SMILES string of the molecule is Cc1ccc(NC(=O)Nc2ccc(Oc3cc(N4CCN(C(=O)OC(C)(C)C)C[C@@H]4C)ncn3)cc2)cc1C(F)(F)F. The van der Waals surface area contributed by atoms with Crippen LogP contribution in [0.2, 0.25) is 0 Å². The summed E-state index contributed by atoms with van der Waals surface area (Å²) in [5.74, 6) is 1.40. The molecule has 1 fully saturated rings. The molecule has 0 aliphatic carbocycles. The van der Waals surface area contributed by atoms with Crippen LogP contribution in [0.4, 0.5) is 40.0 Å². The van der Waals surface area contributed by atoms with Crippen molar-refractivity contribution in [1.29, 1.82) is 0 Å². The largest absolute Gasteiger partial charge is 0.444 e. The summed E-state index contributed by atoms with van der Waals surface area (Å²) in [6.07, 6.45) is -3.47. The fraction of sp³-hybridized carbons (Fsp3) is 0.379. The fourth-order valence-corrected chi connectivity index (χ4v) is 4.36. The third kappa shape index (κ3) is 8.02. The second-order valence-corrected chi connectivity index (χ2v) is 10.9. The van der Waals surface area contributed by atoms with Gasteiger partial charge in [0.05, 0.1) is 5.56 Å². The fourth-order valence-electron chi connectivity index (χ4n) is 4.36. The minimum Gasteiger partial charge on any atom is -0.444 e. The average Bonchev–Trinajstić information content (AvgIpc) is 2.89. The summed E-state index contributed by atoms with van der Waals surface area (Å²) < 4.78 is 50.8. The Morgan fingerprint density at radius 3 is 2.26 bits per heavy atom. The lowest BCUT2D eigenvalue weighted by molar-refractivity contribution is -0.138. The van der Waals surface area contributed by atoms with Gasteiger partial charge in [0.25, 0.3) is 0 Å². The number of piperazine rings is 1. The van der Waals surface area contributed by atoms with Gasteiger partial charge >= 0.3 is 18.3 Å². The number of carbonyl (C=O) groups is 2. The summed E-state index contributed by atoms with van der Waals surface area (Å²) >= 11 is 0. The van der Waals surface area contributed by atoms with Gasteiger partial charge < -0.3 is 29.9 Å². The van der Waals surface area contributed by atoms with E-state index in [1.807, 2.05) is 27.7 Å². The Labute approximate surface area is 241 Å². The molecular formula is C29H33F3N6O4. The number of amides is 3. The zero-order chi connectivity index (χ0) is 30.7. The van der Waals surface area contributed by atoms with E-state index in [1.165, 1.54) is 25.4 Å². The lowest BCUT2D eigenvalue weighted by Crippen LogP contribution is -2.54. The van der Waals surface area contributed by atoms with Crippen LogP contribution in [0.1, 0.15) is 38.8 Å². The highest BCUT2D eigenvalue weighted by molar-refractivity contribution is 5.99. The van der Waals surface area contributed by atoms with E-state index in [0.29, 0.717) is 42.8 Å².